The van der Waals surface area contributed by atoms with Crippen LogP contribution in [-0.4, -0.2) is 60.5 Å². The summed E-state index contributed by atoms with van der Waals surface area (Å²) in [6.45, 7) is 4.87. The molecule has 1 aromatic carbocycles. The van der Waals surface area contributed by atoms with Gasteiger partial charge in [0, 0.05) is 38.1 Å². The van der Waals surface area contributed by atoms with Crippen LogP contribution in [0.5, 0.6) is 17.4 Å². The van der Waals surface area contributed by atoms with Gasteiger partial charge in [0.25, 0.3) is 0 Å². The number of methoxy groups -OCH3 is 2. The Morgan fingerprint density at radius 3 is 2.57 bits per heavy atom. The lowest BCUT2D eigenvalue weighted by Gasteiger charge is -2.31. The number of hydrogen-bond acceptors (Lipinski definition) is 8. The van der Waals surface area contributed by atoms with Gasteiger partial charge in [0.15, 0.2) is 0 Å². The maximum absolute atomic E-state index is 12.0. The van der Waals surface area contributed by atoms with Crippen LogP contribution >= 0.6 is 0 Å². The molecule has 30 heavy (non-hydrogen) atoms. The molecule has 1 aliphatic rings. The Morgan fingerprint density at radius 1 is 1.13 bits per heavy atom. The Hall–Kier alpha value is -3.23. The molecule has 0 spiro atoms. The lowest BCUT2D eigenvalue weighted by Crippen LogP contribution is -2.42. The Morgan fingerprint density at radius 2 is 1.90 bits per heavy atom. The van der Waals surface area contributed by atoms with Crippen LogP contribution in [0.25, 0.3) is 0 Å². The highest BCUT2D eigenvalue weighted by molar-refractivity contribution is 5.68. The largest absolute Gasteiger partial charge is 0.497 e. The second-order valence-electron chi connectivity index (χ2n) is 7.17. The van der Waals surface area contributed by atoms with E-state index in [4.69, 9.17) is 18.9 Å². The topological polar surface area (TPSA) is 95.0 Å². The molecular weight excluding hydrogens is 388 g/mol. The van der Waals surface area contributed by atoms with Crippen LogP contribution in [0, 0.1) is 0 Å². The van der Waals surface area contributed by atoms with E-state index in [1.165, 1.54) is 6.33 Å². The van der Waals surface area contributed by atoms with Crippen LogP contribution in [-0.2, 0) is 4.74 Å². The number of rotatable bonds is 7. The van der Waals surface area contributed by atoms with Crippen molar-refractivity contribution in [2.24, 2.45) is 0 Å². The molecule has 2 heterocycles. The quantitative estimate of drug-likeness (QED) is 0.731. The third kappa shape index (κ3) is 5.65. The lowest BCUT2D eigenvalue weighted by atomic mass is 10.1. The molecular formula is C21H28N4O5. The number of nitrogens with zero attached hydrogens (tertiary/aromatic N) is 3. The molecule has 1 amide bonds. The number of ether oxygens (including phenoxy) is 4. The normalized spacial score (nSPS) is 14.4. The molecule has 162 valence electrons. The Kier molecular flexibility index (Phi) is 7.16. The zero-order valence-corrected chi connectivity index (χ0v) is 17.8. The van der Waals surface area contributed by atoms with Crippen LogP contribution in [0.1, 0.15) is 26.7 Å². The van der Waals surface area contributed by atoms with E-state index in [2.05, 4.69) is 15.3 Å². The number of carbonyl (C=O) groups excluding carboxylic acids is 1. The number of anilines is 2. The molecule has 0 radical (unpaired) electrons. The van der Waals surface area contributed by atoms with E-state index in [1.807, 2.05) is 26.0 Å². The second kappa shape index (κ2) is 10.00. The smallest absolute Gasteiger partial charge is 0.410 e. The summed E-state index contributed by atoms with van der Waals surface area (Å²) in [5, 5.41) is 3.21. The van der Waals surface area contributed by atoms with E-state index in [1.54, 1.807) is 31.3 Å². The molecule has 9 heteroatoms. The Balaban J connectivity index is 1.58. The first kappa shape index (κ1) is 21.5. The van der Waals surface area contributed by atoms with E-state index in [0.29, 0.717) is 49.1 Å². The van der Waals surface area contributed by atoms with Crippen molar-refractivity contribution in [2.75, 3.05) is 32.6 Å². The number of carbonyl (C=O) groups is 1. The number of aromatic nitrogens is 2. The first-order chi connectivity index (χ1) is 14.5. The highest BCUT2D eigenvalue weighted by atomic mass is 16.6. The summed E-state index contributed by atoms with van der Waals surface area (Å²) < 4.78 is 21.9. The number of likely N-dealkylation sites (tertiary alicyclic amines) is 1. The van der Waals surface area contributed by atoms with Crippen molar-refractivity contribution in [1.82, 2.24) is 14.9 Å². The Labute approximate surface area is 176 Å². The van der Waals surface area contributed by atoms with Crippen molar-refractivity contribution in [3.63, 3.8) is 0 Å². The standard InChI is InChI=1S/C21H28N4O5/c1-14(2)29-21(26)25-9-7-15(8-10-25)30-20-12-19(22-13-23-20)24-17-6-5-16(27-3)11-18(17)28-4/h5-6,11-15H,7-10H2,1-4H3,(H,22,23,24). The fourth-order valence-electron chi connectivity index (χ4n) is 3.12. The van der Waals surface area contributed by atoms with Gasteiger partial charge in [-0.3, -0.25) is 0 Å². The molecule has 3 rings (SSSR count). The number of amides is 1. The minimum absolute atomic E-state index is 0.0219. The van der Waals surface area contributed by atoms with Crippen molar-refractivity contribution in [2.45, 2.75) is 38.9 Å². The number of piperidine rings is 1. The zero-order chi connectivity index (χ0) is 21.5. The van der Waals surface area contributed by atoms with Crippen LogP contribution in [0.3, 0.4) is 0 Å². The SMILES string of the molecule is COc1ccc(Nc2cc(OC3CCN(C(=O)OC(C)C)CC3)ncn2)c(OC)c1. The summed E-state index contributed by atoms with van der Waals surface area (Å²) in [5.74, 6) is 2.40. The minimum atomic E-state index is -0.273. The number of nitrogens with one attached hydrogen (secondary N) is 1. The van der Waals surface area contributed by atoms with Crippen molar-refractivity contribution in [3.05, 3.63) is 30.6 Å². The van der Waals surface area contributed by atoms with Crippen molar-refractivity contribution in [1.29, 1.82) is 0 Å². The van der Waals surface area contributed by atoms with E-state index >= 15 is 0 Å². The van der Waals surface area contributed by atoms with Gasteiger partial charge in [-0.1, -0.05) is 0 Å². The lowest BCUT2D eigenvalue weighted by molar-refractivity contribution is 0.0507. The van der Waals surface area contributed by atoms with E-state index in [0.717, 1.165) is 5.69 Å². The first-order valence-corrected chi connectivity index (χ1v) is 9.91. The molecule has 0 saturated carbocycles. The third-order valence-corrected chi connectivity index (χ3v) is 4.64. The maximum Gasteiger partial charge on any atom is 0.410 e. The van der Waals surface area contributed by atoms with Gasteiger partial charge in [0.2, 0.25) is 5.88 Å². The highest BCUT2D eigenvalue weighted by Gasteiger charge is 2.25. The first-order valence-electron chi connectivity index (χ1n) is 9.91. The van der Waals surface area contributed by atoms with Gasteiger partial charge in [-0.15, -0.1) is 0 Å². The average Bonchev–Trinajstić information content (AvgIpc) is 2.74. The molecule has 0 aliphatic carbocycles. The summed E-state index contributed by atoms with van der Waals surface area (Å²) in [6, 6.07) is 7.22. The zero-order valence-electron chi connectivity index (χ0n) is 17.8. The monoisotopic (exact) mass is 416 g/mol. The second-order valence-corrected chi connectivity index (χ2v) is 7.17. The highest BCUT2D eigenvalue weighted by Crippen LogP contribution is 2.31. The maximum atomic E-state index is 12.0. The van der Waals surface area contributed by atoms with E-state index in [9.17, 15) is 4.79 Å². The summed E-state index contributed by atoms with van der Waals surface area (Å²) in [7, 11) is 3.20. The van der Waals surface area contributed by atoms with Gasteiger partial charge in [-0.2, -0.15) is 0 Å². The van der Waals surface area contributed by atoms with Gasteiger partial charge in [0.1, 0.15) is 29.7 Å². The summed E-state index contributed by atoms with van der Waals surface area (Å²) in [5.41, 5.74) is 0.750. The van der Waals surface area contributed by atoms with Gasteiger partial charge >= 0.3 is 6.09 Å². The van der Waals surface area contributed by atoms with E-state index in [-0.39, 0.29) is 18.3 Å². The third-order valence-electron chi connectivity index (χ3n) is 4.64. The van der Waals surface area contributed by atoms with Crippen molar-refractivity contribution < 1.29 is 23.7 Å². The van der Waals surface area contributed by atoms with Crippen LogP contribution in [0.4, 0.5) is 16.3 Å². The molecule has 1 aromatic heterocycles. The van der Waals surface area contributed by atoms with Gasteiger partial charge < -0.3 is 29.2 Å². The predicted octanol–water partition coefficient (Wildman–Crippen LogP) is 3.63. The van der Waals surface area contributed by atoms with Crippen LogP contribution in [0.15, 0.2) is 30.6 Å². The Bertz CT molecular complexity index is 853. The molecule has 1 fully saturated rings. The van der Waals surface area contributed by atoms with E-state index < -0.39 is 0 Å². The molecule has 0 unspecified atom stereocenters. The molecule has 0 atom stereocenters. The molecule has 1 saturated heterocycles. The minimum Gasteiger partial charge on any atom is -0.497 e. The summed E-state index contributed by atoms with van der Waals surface area (Å²) in [6.07, 6.45) is 2.46. The molecule has 1 aliphatic heterocycles. The van der Waals surface area contributed by atoms with Crippen molar-refractivity contribution >= 4 is 17.6 Å². The fraction of sp³-hybridized carbons (Fsp3) is 0.476. The van der Waals surface area contributed by atoms with Gasteiger partial charge in [-0.25, -0.2) is 14.8 Å². The summed E-state index contributed by atoms with van der Waals surface area (Å²) >= 11 is 0. The number of hydrogen-bond donors (Lipinski definition) is 1. The molecule has 2 aromatic rings. The van der Waals surface area contributed by atoms with Gasteiger partial charge in [0.05, 0.1) is 26.0 Å². The average molecular weight is 416 g/mol. The predicted molar refractivity (Wildman–Crippen MR) is 112 cm³/mol. The van der Waals surface area contributed by atoms with Crippen molar-refractivity contribution in [3.8, 4) is 17.4 Å². The molecule has 9 nitrogen and oxygen atoms in total. The van der Waals surface area contributed by atoms with Crippen LogP contribution in [0.2, 0.25) is 0 Å². The van der Waals surface area contributed by atoms with Gasteiger partial charge in [-0.05, 0) is 26.0 Å². The molecule has 0 bridgehead atoms. The number of benzene rings is 1. The fourth-order valence-corrected chi connectivity index (χ4v) is 3.12. The van der Waals surface area contributed by atoms with Crippen LogP contribution < -0.4 is 19.5 Å². The summed E-state index contributed by atoms with van der Waals surface area (Å²) in [4.78, 5) is 22.2. The molecule has 1 N–H and O–H groups in total.